The molecule has 2 aromatic heterocycles. The van der Waals surface area contributed by atoms with Crippen LogP contribution in [0.2, 0.25) is 10.2 Å². The second kappa shape index (κ2) is 7.54. The average molecular weight is 339 g/mol. The summed E-state index contributed by atoms with van der Waals surface area (Å²) < 4.78 is 0. The molecule has 1 N–H and O–H groups in total. The fourth-order valence-corrected chi connectivity index (χ4v) is 2.03. The molecule has 2 aromatic rings. The first-order valence-corrected chi connectivity index (χ1v) is 7.44. The molecular formula is C15H16Cl2N4O. The number of pyridine rings is 2. The lowest BCUT2D eigenvalue weighted by atomic mass is 10.2. The van der Waals surface area contributed by atoms with Crippen LogP contribution in [-0.4, -0.2) is 33.9 Å². The van der Waals surface area contributed by atoms with E-state index in [1.165, 1.54) is 6.20 Å². The third-order valence-electron chi connectivity index (χ3n) is 3.24. The lowest BCUT2D eigenvalue weighted by Crippen LogP contribution is -2.39. The highest BCUT2D eigenvalue weighted by Gasteiger charge is 2.18. The molecule has 0 aliphatic carbocycles. The Balaban J connectivity index is 1.94. The van der Waals surface area contributed by atoms with E-state index in [-0.39, 0.29) is 11.9 Å². The van der Waals surface area contributed by atoms with Gasteiger partial charge >= 0.3 is 0 Å². The molecule has 5 nitrogen and oxygen atoms in total. The largest absolute Gasteiger partial charge is 0.309 e. The third kappa shape index (κ3) is 4.66. The maximum atomic E-state index is 12.2. The molecule has 2 heterocycles. The summed E-state index contributed by atoms with van der Waals surface area (Å²) >= 11 is 11.5. The number of anilines is 1. The molecule has 0 fully saturated rings. The van der Waals surface area contributed by atoms with E-state index in [0.29, 0.717) is 22.5 Å². The van der Waals surface area contributed by atoms with Crippen LogP contribution in [0.25, 0.3) is 0 Å². The second-order valence-electron chi connectivity index (χ2n) is 4.93. The number of aromatic nitrogens is 2. The maximum Gasteiger partial charge on any atom is 0.242 e. The fourth-order valence-electron chi connectivity index (χ4n) is 1.81. The number of carbonyl (C=O) groups is 1. The van der Waals surface area contributed by atoms with Gasteiger partial charge in [-0.1, -0.05) is 29.3 Å². The summed E-state index contributed by atoms with van der Waals surface area (Å²) in [5.41, 5.74) is 0.983. The zero-order valence-electron chi connectivity index (χ0n) is 12.3. The highest BCUT2D eigenvalue weighted by atomic mass is 35.5. The number of rotatable bonds is 5. The quantitative estimate of drug-likeness (QED) is 0.850. The third-order valence-corrected chi connectivity index (χ3v) is 3.69. The minimum atomic E-state index is -0.326. The monoisotopic (exact) mass is 338 g/mol. The van der Waals surface area contributed by atoms with Gasteiger partial charge in [-0.3, -0.25) is 9.69 Å². The normalized spacial score (nSPS) is 12.2. The summed E-state index contributed by atoms with van der Waals surface area (Å²) in [6, 6.07) is 6.63. The Kier molecular flexibility index (Phi) is 5.71. The van der Waals surface area contributed by atoms with E-state index in [9.17, 15) is 4.79 Å². The minimum Gasteiger partial charge on any atom is -0.309 e. The van der Waals surface area contributed by atoms with E-state index in [0.717, 1.165) is 5.56 Å². The summed E-state index contributed by atoms with van der Waals surface area (Å²) in [6.07, 6.45) is 3.19. The van der Waals surface area contributed by atoms with Crippen molar-refractivity contribution in [2.24, 2.45) is 0 Å². The predicted octanol–water partition coefficient (Wildman–Crippen LogP) is 3.24. The topological polar surface area (TPSA) is 58.1 Å². The molecule has 7 heteroatoms. The summed E-state index contributed by atoms with van der Waals surface area (Å²) in [5, 5.41) is 3.73. The average Bonchev–Trinajstić information content (AvgIpc) is 2.51. The molecule has 0 radical (unpaired) electrons. The smallest absolute Gasteiger partial charge is 0.242 e. The molecular weight excluding hydrogens is 323 g/mol. The summed E-state index contributed by atoms with van der Waals surface area (Å²) in [5.74, 6) is 0.335. The van der Waals surface area contributed by atoms with Crippen molar-refractivity contribution in [2.45, 2.75) is 19.5 Å². The van der Waals surface area contributed by atoms with Crippen LogP contribution < -0.4 is 5.32 Å². The van der Waals surface area contributed by atoms with Crippen LogP contribution in [0.5, 0.6) is 0 Å². The number of amides is 1. The molecule has 0 spiro atoms. The van der Waals surface area contributed by atoms with Gasteiger partial charge in [-0.25, -0.2) is 9.97 Å². The zero-order chi connectivity index (χ0) is 16.1. The zero-order valence-corrected chi connectivity index (χ0v) is 13.8. The first-order chi connectivity index (χ1) is 10.5. The SMILES string of the molecule is C[C@H](C(=O)Nc1ccc(Cl)cn1)N(C)Cc1ccc(Cl)nc1. The van der Waals surface area contributed by atoms with Gasteiger partial charge in [0.1, 0.15) is 11.0 Å². The van der Waals surface area contributed by atoms with Gasteiger partial charge in [0.05, 0.1) is 11.1 Å². The van der Waals surface area contributed by atoms with E-state index >= 15 is 0 Å². The number of hydrogen-bond acceptors (Lipinski definition) is 4. The Hall–Kier alpha value is -1.69. The van der Waals surface area contributed by atoms with Gasteiger partial charge in [0.25, 0.3) is 0 Å². The van der Waals surface area contributed by atoms with Gasteiger partial charge in [-0.15, -0.1) is 0 Å². The Labute approximate surface area is 139 Å². The first kappa shape index (κ1) is 16.7. The van der Waals surface area contributed by atoms with Crippen LogP contribution in [0.4, 0.5) is 5.82 Å². The van der Waals surface area contributed by atoms with Crippen LogP contribution >= 0.6 is 23.2 Å². The Morgan fingerprint density at radius 3 is 2.59 bits per heavy atom. The molecule has 0 aliphatic heterocycles. The van der Waals surface area contributed by atoms with Crippen molar-refractivity contribution in [3.05, 3.63) is 52.4 Å². The van der Waals surface area contributed by atoms with Crippen LogP contribution in [0, 0.1) is 0 Å². The number of halogens is 2. The van der Waals surface area contributed by atoms with Crippen LogP contribution in [0.1, 0.15) is 12.5 Å². The minimum absolute atomic E-state index is 0.140. The van der Waals surface area contributed by atoms with Crippen molar-refractivity contribution in [1.82, 2.24) is 14.9 Å². The van der Waals surface area contributed by atoms with Gasteiger partial charge in [-0.2, -0.15) is 0 Å². The lowest BCUT2D eigenvalue weighted by molar-refractivity contribution is -0.120. The van der Waals surface area contributed by atoms with Crippen LogP contribution in [0.15, 0.2) is 36.7 Å². The van der Waals surface area contributed by atoms with E-state index in [2.05, 4.69) is 15.3 Å². The number of likely N-dealkylation sites (N-methyl/N-ethyl adjacent to an activating group) is 1. The number of nitrogens with zero attached hydrogens (tertiary/aromatic N) is 3. The van der Waals surface area contributed by atoms with Gasteiger partial charge in [0, 0.05) is 18.9 Å². The molecule has 0 saturated carbocycles. The first-order valence-electron chi connectivity index (χ1n) is 6.69. The van der Waals surface area contributed by atoms with Crippen molar-refractivity contribution in [3.8, 4) is 0 Å². The summed E-state index contributed by atoms with van der Waals surface area (Å²) in [6.45, 7) is 2.42. The standard InChI is InChI=1S/C15H16Cl2N4O/c1-10(15(22)20-14-6-4-12(16)8-19-14)21(2)9-11-3-5-13(17)18-7-11/h3-8,10H,9H2,1-2H3,(H,19,20,22)/t10-/m1/s1. The predicted molar refractivity (Wildman–Crippen MR) is 88.1 cm³/mol. The maximum absolute atomic E-state index is 12.2. The van der Waals surface area contributed by atoms with Gasteiger partial charge < -0.3 is 5.32 Å². The summed E-state index contributed by atoms with van der Waals surface area (Å²) in [4.78, 5) is 22.2. The highest BCUT2D eigenvalue weighted by molar-refractivity contribution is 6.30. The lowest BCUT2D eigenvalue weighted by Gasteiger charge is -2.23. The fraction of sp³-hybridized carbons (Fsp3) is 0.267. The van der Waals surface area contributed by atoms with Crippen molar-refractivity contribution in [3.63, 3.8) is 0 Å². The van der Waals surface area contributed by atoms with E-state index in [4.69, 9.17) is 23.2 Å². The number of hydrogen-bond donors (Lipinski definition) is 1. The molecule has 0 bridgehead atoms. The Bertz CT molecular complexity index is 631. The van der Waals surface area contributed by atoms with Gasteiger partial charge in [0.2, 0.25) is 5.91 Å². The van der Waals surface area contributed by atoms with Crippen molar-refractivity contribution in [1.29, 1.82) is 0 Å². The second-order valence-corrected chi connectivity index (χ2v) is 5.75. The molecule has 0 saturated heterocycles. The number of nitrogens with one attached hydrogen (secondary N) is 1. The van der Waals surface area contributed by atoms with Crippen LogP contribution in [0.3, 0.4) is 0 Å². The molecule has 1 amide bonds. The molecule has 0 aliphatic rings. The highest BCUT2D eigenvalue weighted by Crippen LogP contribution is 2.12. The number of carbonyl (C=O) groups excluding carboxylic acids is 1. The Morgan fingerprint density at radius 2 is 2.00 bits per heavy atom. The van der Waals surface area contributed by atoms with Crippen molar-refractivity contribution < 1.29 is 4.79 Å². The molecule has 2 rings (SSSR count). The van der Waals surface area contributed by atoms with E-state index in [1.807, 2.05) is 24.9 Å². The van der Waals surface area contributed by atoms with E-state index in [1.54, 1.807) is 24.4 Å². The van der Waals surface area contributed by atoms with Crippen molar-refractivity contribution in [2.75, 3.05) is 12.4 Å². The van der Waals surface area contributed by atoms with Crippen LogP contribution in [-0.2, 0) is 11.3 Å². The molecule has 1 atom stereocenters. The van der Waals surface area contributed by atoms with Gasteiger partial charge in [-0.05, 0) is 37.7 Å². The molecule has 116 valence electrons. The van der Waals surface area contributed by atoms with Crippen molar-refractivity contribution >= 4 is 34.9 Å². The van der Waals surface area contributed by atoms with Gasteiger partial charge in [0.15, 0.2) is 0 Å². The molecule has 0 aromatic carbocycles. The molecule has 22 heavy (non-hydrogen) atoms. The molecule has 0 unspecified atom stereocenters. The van der Waals surface area contributed by atoms with E-state index < -0.39 is 0 Å². The Morgan fingerprint density at radius 1 is 1.23 bits per heavy atom. The summed E-state index contributed by atoms with van der Waals surface area (Å²) in [7, 11) is 1.87.